The zero-order valence-electron chi connectivity index (χ0n) is 11.9. The van der Waals surface area contributed by atoms with Crippen LogP contribution in [0.2, 0.25) is 0 Å². The number of aromatic nitrogens is 4. The predicted octanol–water partition coefficient (Wildman–Crippen LogP) is 1.54. The maximum Gasteiger partial charge on any atom is 0.235 e. The van der Waals surface area contributed by atoms with Gasteiger partial charge in [-0.3, -0.25) is 4.79 Å². The van der Waals surface area contributed by atoms with E-state index in [1.807, 2.05) is 38.1 Å². The third kappa shape index (κ3) is 2.98. The summed E-state index contributed by atoms with van der Waals surface area (Å²) in [5.41, 5.74) is 2.00. The van der Waals surface area contributed by atoms with Crippen molar-refractivity contribution in [2.75, 3.05) is 14.1 Å². The Morgan fingerprint density at radius 2 is 2.05 bits per heavy atom. The summed E-state index contributed by atoms with van der Waals surface area (Å²) in [5.74, 6) is 0.0364. The summed E-state index contributed by atoms with van der Waals surface area (Å²) in [5, 5.41) is 12.1. The topological polar surface area (TPSA) is 63.9 Å². The number of hydrogen-bond acceptors (Lipinski definition) is 5. The zero-order chi connectivity index (χ0) is 14.7. The zero-order valence-corrected chi connectivity index (χ0v) is 12.8. The van der Waals surface area contributed by atoms with E-state index >= 15 is 0 Å². The number of hydrogen-bond donors (Lipinski definition) is 0. The summed E-state index contributed by atoms with van der Waals surface area (Å²) < 4.78 is 1.67. The molecule has 2 rings (SSSR count). The Balaban J connectivity index is 2.26. The molecule has 6 nitrogen and oxygen atoms in total. The van der Waals surface area contributed by atoms with E-state index < -0.39 is 0 Å². The van der Waals surface area contributed by atoms with E-state index in [1.54, 1.807) is 23.7 Å². The molecule has 1 atom stereocenters. The van der Waals surface area contributed by atoms with Gasteiger partial charge in [0, 0.05) is 14.1 Å². The summed E-state index contributed by atoms with van der Waals surface area (Å²) in [4.78, 5) is 13.5. The molecule has 106 valence electrons. The van der Waals surface area contributed by atoms with Crippen LogP contribution in [0.5, 0.6) is 0 Å². The minimum absolute atomic E-state index is 0.0364. The lowest BCUT2D eigenvalue weighted by molar-refractivity contribution is -0.127. The number of aryl methyl sites for hydroxylation is 1. The minimum atomic E-state index is -0.237. The van der Waals surface area contributed by atoms with Crippen LogP contribution in [0, 0.1) is 6.92 Å². The van der Waals surface area contributed by atoms with E-state index in [1.165, 1.54) is 11.8 Å². The van der Waals surface area contributed by atoms with E-state index in [0.717, 1.165) is 11.3 Å². The maximum absolute atomic E-state index is 11.9. The first kappa shape index (κ1) is 14.5. The smallest absolute Gasteiger partial charge is 0.235 e. The predicted molar refractivity (Wildman–Crippen MR) is 77.9 cm³/mol. The van der Waals surface area contributed by atoms with Crippen molar-refractivity contribution < 1.29 is 4.79 Å². The summed E-state index contributed by atoms with van der Waals surface area (Å²) in [6, 6.07) is 7.86. The van der Waals surface area contributed by atoms with Gasteiger partial charge in [-0.25, -0.2) is 0 Å². The van der Waals surface area contributed by atoms with Gasteiger partial charge in [0.1, 0.15) is 0 Å². The largest absolute Gasteiger partial charge is 0.348 e. The summed E-state index contributed by atoms with van der Waals surface area (Å²) in [6.45, 7) is 3.85. The second-order valence-electron chi connectivity index (χ2n) is 4.65. The molecule has 0 aliphatic heterocycles. The van der Waals surface area contributed by atoms with Crippen molar-refractivity contribution in [2.24, 2.45) is 0 Å². The standard InChI is InChI=1S/C13H17N5OS/c1-9-7-5-6-8-11(9)18-13(14-15-16-18)20-10(2)12(19)17(3)4/h5-8,10H,1-4H3/t10-/m1/s1. The van der Waals surface area contributed by atoms with E-state index in [9.17, 15) is 4.79 Å². The lowest BCUT2D eigenvalue weighted by Gasteiger charge is -2.16. The molecule has 0 radical (unpaired) electrons. The highest BCUT2D eigenvalue weighted by molar-refractivity contribution is 8.00. The van der Waals surface area contributed by atoms with Crippen molar-refractivity contribution in [3.63, 3.8) is 0 Å². The van der Waals surface area contributed by atoms with Crippen LogP contribution in [0.3, 0.4) is 0 Å². The van der Waals surface area contributed by atoms with Crippen LogP contribution in [0.4, 0.5) is 0 Å². The van der Waals surface area contributed by atoms with Crippen molar-refractivity contribution in [2.45, 2.75) is 24.3 Å². The Bertz CT molecular complexity index is 610. The van der Waals surface area contributed by atoms with Crippen LogP contribution < -0.4 is 0 Å². The van der Waals surface area contributed by atoms with E-state index in [-0.39, 0.29) is 11.2 Å². The van der Waals surface area contributed by atoms with Gasteiger partial charge >= 0.3 is 0 Å². The van der Waals surface area contributed by atoms with Crippen LogP contribution in [0.25, 0.3) is 5.69 Å². The molecule has 0 saturated carbocycles. The van der Waals surface area contributed by atoms with Gasteiger partial charge in [-0.15, -0.1) is 5.10 Å². The first-order valence-electron chi connectivity index (χ1n) is 6.23. The third-order valence-electron chi connectivity index (χ3n) is 2.86. The molecule has 0 saturated heterocycles. The minimum Gasteiger partial charge on any atom is -0.348 e. The van der Waals surface area contributed by atoms with Crippen molar-refractivity contribution in [1.29, 1.82) is 0 Å². The highest BCUT2D eigenvalue weighted by Gasteiger charge is 2.20. The molecule has 0 aliphatic rings. The van der Waals surface area contributed by atoms with Crippen molar-refractivity contribution in [3.8, 4) is 5.69 Å². The first-order chi connectivity index (χ1) is 9.50. The van der Waals surface area contributed by atoms with Crippen molar-refractivity contribution in [3.05, 3.63) is 29.8 Å². The molecule has 1 heterocycles. The highest BCUT2D eigenvalue weighted by atomic mass is 32.2. The SMILES string of the molecule is Cc1ccccc1-n1nnnc1S[C@H](C)C(=O)N(C)C. The van der Waals surface area contributed by atoms with E-state index in [2.05, 4.69) is 15.5 Å². The number of amides is 1. The molecule has 1 aromatic carbocycles. The van der Waals surface area contributed by atoms with Crippen LogP contribution in [-0.4, -0.2) is 50.4 Å². The van der Waals surface area contributed by atoms with Crippen LogP contribution in [-0.2, 0) is 4.79 Å². The molecule has 0 spiro atoms. The van der Waals surface area contributed by atoms with Gasteiger partial charge in [0.15, 0.2) is 0 Å². The Morgan fingerprint density at radius 1 is 1.35 bits per heavy atom. The lowest BCUT2D eigenvalue weighted by atomic mass is 10.2. The van der Waals surface area contributed by atoms with Gasteiger partial charge in [-0.2, -0.15) is 4.68 Å². The number of carbonyl (C=O) groups is 1. The summed E-state index contributed by atoms with van der Waals surface area (Å²) in [7, 11) is 3.48. The molecular weight excluding hydrogens is 274 g/mol. The van der Waals surface area contributed by atoms with Gasteiger partial charge in [-0.1, -0.05) is 30.0 Å². The molecule has 0 aliphatic carbocycles. The van der Waals surface area contributed by atoms with Gasteiger partial charge in [0.05, 0.1) is 10.9 Å². The quantitative estimate of drug-likeness (QED) is 0.800. The second kappa shape index (κ2) is 6.04. The molecule has 0 bridgehead atoms. The van der Waals surface area contributed by atoms with Crippen LogP contribution in [0.15, 0.2) is 29.4 Å². The third-order valence-corrected chi connectivity index (χ3v) is 3.88. The molecule has 0 N–H and O–H groups in total. The van der Waals surface area contributed by atoms with Crippen molar-refractivity contribution in [1.82, 2.24) is 25.1 Å². The normalized spacial score (nSPS) is 12.2. The molecule has 2 aromatic rings. The fraction of sp³-hybridized carbons (Fsp3) is 0.385. The number of tetrazole rings is 1. The van der Waals surface area contributed by atoms with E-state index in [4.69, 9.17) is 0 Å². The number of thioether (sulfide) groups is 1. The lowest BCUT2D eigenvalue weighted by Crippen LogP contribution is -2.29. The molecular formula is C13H17N5OS. The van der Waals surface area contributed by atoms with Crippen molar-refractivity contribution >= 4 is 17.7 Å². The molecule has 1 amide bonds. The second-order valence-corrected chi connectivity index (χ2v) is 5.96. The van der Waals surface area contributed by atoms with Gasteiger partial charge in [-0.05, 0) is 35.9 Å². The number of para-hydroxylation sites is 1. The average molecular weight is 291 g/mol. The highest BCUT2D eigenvalue weighted by Crippen LogP contribution is 2.24. The Hall–Kier alpha value is -1.89. The molecule has 7 heteroatoms. The number of nitrogens with zero attached hydrogens (tertiary/aromatic N) is 5. The van der Waals surface area contributed by atoms with E-state index in [0.29, 0.717) is 5.16 Å². The fourth-order valence-corrected chi connectivity index (χ4v) is 2.72. The monoisotopic (exact) mass is 291 g/mol. The maximum atomic E-state index is 11.9. The number of carbonyl (C=O) groups excluding carboxylic acids is 1. The molecule has 0 fully saturated rings. The Labute approximate surface area is 122 Å². The summed E-state index contributed by atoms with van der Waals surface area (Å²) >= 11 is 1.35. The van der Waals surface area contributed by atoms with Gasteiger partial charge in [0.2, 0.25) is 11.1 Å². The fourth-order valence-electron chi connectivity index (χ4n) is 1.78. The Morgan fingerprint density at radius 3 is 2.70 bits per heavy atom. The Kier molecular flexibility index (Phi) is 4.39. The van der Waals surface area contributed by atoms with Crippen LogP contribution >= 0.6 is 11.8 Å². The molecule has 20 heavy (non-hydrogen) atoms. The molecule has 1 aromatic heterocycles. The van der Waals surface area contributed by atoms with Gasteiger partial charge < -0.3 is 4.90 Å². The van der Waals surface area contributed by atoms with Crippen LogP contribution in [0.1, 0.15) is 12.5 Å². The van der Waals surface area contributed by atoms with Gasteiger partial charge in [0.25, 0.3) is 0 Å². The summed E-state index contributed by atoms with van der Waals surface area (Å²) in [6.07, 6.45) is 0. The first-order valence-corrected chi connectivity index (χ1v) is 7.11. The number of rotatable bonds is 4. The molecule has 0 unspecified atom stereocenters. The number of benzene rings is 1. The average Bonchev–Trinajstić information content (AvgIpc) is 2.86.